The second kappa shape index (κ2) is 5.70. The average molecular weight is 194 g/mol. The number of aliphatic carboxylic acids is 1. The Morgan fingerprint density at radius 2 is 1.86 bits per heavy atom. The minimum Gasteiger partial charge on any atom is -0.481 e. The summed E-state index contributed by atoms with van der Waals surface area (Å²) >= 11 is 0. The van der Waals surface area contributed by atoms with Gasteiger partial charge in [0.1, 0.15) is 0 Å². The van der Waals surface area contributed by atoms with E-state index >= 15 is 0 Å². The molecule has 0 aromatic carbocycles. The lowest BCUT2D eigenvalue weighted by Gasteiger charge is -2.21. The van der Waals surface area contributed by atoms with Crippen molar-refractivity contribution in [3.63, 3.8) is 0 Å². The monoisotopic (exact) mass is 194 g/mol. The van der Waals surface area contributed by atoms with E-state index in [1.165, 1.54) is 12.8 Å². The third-order valence-electron chi connectivity index (χ3n) is 2.91. The van der Waals surface area contributed by atoms with Gasteiger partial charge in [-0.15, -0.1) is 5.92 Å². The van der Waals surface area contributed by atoms with Crippen molar-refractivity contribution in [2.24, 2.45) is 11.8 Å². The topological polar surface area (TPSA) is 37.3 Å². The molecule has 0 radical (unpaired) electrons. The van der Waals surface area contributed by atoms with E-state index in [-0.39, 0.29) is 11.8 Å². The molecule has 1 rings (SSSR count). The number of hydrogen-bond donors (Lipinski definition) is 1. The molecule has 78 valence electrons. The summed E-state index contributed by atoms with van der Waals surface area (Å²) in [4.78, 5) is 11.0. The number of carboxylic acid groups (broad SMARTS) is 1. The summed E-state index contributed by atoms with van der Waals surface area (Å²) in [5.41, 5.74) is 0. The smallest absolute Gasteiger partial charge is 0.307 e. The predicted octanol–water partition coefficient (Wildman–Crippen LogP) is 2.68. The Hall–Kier alpha value is -0.970. The molecule has 0 aliphatic heterocycles. The van der Waals surface area contributed by atoms with Crippen molar-refractivity contribution in [2.75, 3.05) is 0 Å². The van der Waals surface area contributed by atoms with Crippen LogP contribution in [-0.4, -0.2) is 11.1 Å². The van der Waals surface area contributed by atoms with E-state index < -0.39 is 5.97 Å². The second-order valence-corrected chi connectivity index (χ2v) is 3.94. The molecule has 1 N–H and O–H groups in total. The van der Waals surface area contributed by atoms with E-state index in [0.29, 0.717) is 0 Å². The van der Waals surface area contributed by atoms with Crippen molar-refractivity contribution in [3.05, 3.63) is 0 Å². The molecule has 1 aliphatic rings. The first-order valence-corrected chi connectivity index (χ1v) is 5.40. The standard InChI is InChI=1S/C12H18O2/c1-2-7-10-8-5-3-4-6-9-11(10)12(13)14/h10-11H,3-6,8-9H2,1H3,(H,13,14). The van der Waals surface area contributed by atoms with E-state index in [2.05, 4.69) is 11.8 Å². The highest BCUT2D eigenvalue weighted by Crippen LogP contribution is 2.27. The quantitative estimate of drug-likeness (QED) is 0.652. The van der Waals surface area contributed by atoms with E-state index in [0.717, 1.165) is 25.7 Å². The van der Waals surface area contributed by atoms with Crippen molar-refractivity contribution in [2.45, 2.75) is 45.4 Å². The van der Waals surface area contributed by atoms with Crippen molar-refractivity contribution in [3.8, 4) is 11.8 Å². The van der Waals surface area contributed by atoms with Crippen molar-refractivity contribution in [1.82, 2.24) is 0 Å². The van der Waals surface area contributed by atoms with Crippen LogP contribution in [0.2, 0.25) is 0 Å². The molecule has 0 heterocycles. The van der Waals surface area contributed by atoms with Crippen LogP contribution < -0.4 is 0 Å². The van der Waals surface area contributed by atoms with E-state index in [1.54, 1.807) is 6.92 Å². The minimum absolute atomic E-state index is 0.0813. The van der Waals surface area contributed by atoms with Gasteiger partial charge in [0.25, 0.3) is 0 Å². The third-order valence-corrected chi connectivity index (χ3v) is 2.91. The molecule has 1 aliphatic carbocycles. The van der Waals surface area contributed by atoms with Crippen molar-refractivity contribution < 1.29 is 9.90 Å². The highest BCUT2D eigenvalue weighted by Gasteiger charge is 2.27. The zero-order valence-electron chi connectivity index (χ0n) is 8.75. The van der Waals surface area contributed by atoms with Crippen LogP contribution in [0, 0.1) is 23.7 Å². The molecule has 2 unspecified atom stereocenters. The Kier molecular flexibility index (Phi) is 4.52. The van der Waals surface area contributed by atoms with Gasteiger partial charge < -0.3 is 5.11 Å². The van der Waals surface area contributed by atoms with Crippen LogP contribution >= 0.6 is 0 Å². The number of carboxylic acids is 1. The summed E-state index contributed by atoms with van der Waals surface area (Å²) in [7, 11) is 0. The molecule has 0 bridgehead atoms. The Morgan fingerprint density at radius 3 is 2.43 bits per heavy atom. The number of rotatable bonds is 1. The Balaban J connectivity index is 2.68. The molecule has 0 amide bonds. The van der Waals surface area contributed by atoms with Crippen LogP contribution in [-0.2, 0) is 4.79 Å². The molecule has 2 atom stereocenters. The molecule has 0 spiro atoms. The van der Waals surface area contributed by atoms with Gasteiger partial charge in [-0.25, -0.2) is 0 Å². The van der Waals surface area contributed by atoms with Gasteiger partial charge in [0.2, 0.25) is 0 Å². The van der Waals surface area contributed by atoms with E-state index in [4.69, 9.17) is 5.11 Å². The number of carbonyl (C=O) groups is 1. The second-order valence-electron chi connectivity index (χ2n) is 3.94. The maximum absolute atomic E-state index is 11.0. The summed E-state index contributed by atoms with van der Waals surface area (Å²) in [6.45, 7) is 1.79. The van der Waals surface area contributed by atoms with Gasteiger partial charge in [0, 0.05) is 5.92 Å². The van der Waals surface area contributed by atoms with Crippen LogP contribution in [0.15, 0.2) is 0 Å². The fraction of sp³-hybridized carbons (Fsp3) is 0.750. The zero-order chi connectivity index (χ0) is 10.4. The summed E-state index contributed by atoms with van der Waals surface area (Å²) in [5, 5.41) is 9.08. The highest BCUT2D eigenvalue weighted by molar-refractivity contribution is 5.70. The molecule has 14 heavy (non-hydrogen) atoms. The summed E-state index contributed by atoms with van der Waals surface area (Å²) in [6, 6.07) is 0. The lowest BCUT2D eigenvalue weighted by atomic mass is 9.82. The van der Waals surface area contributed by atoms with E-state index in [9.17, 15) is 4.79 Å². The Labute approximate surface area is 85.7 Å². The Bertz CT molecular complexity index is 247. The summed E-state index contributed by atoms with van der Waals surface area (Å²) in [5.74, 6) is 5.09. The normalized spacial score (nSPS) is 28.1. The minimum atomic E-state index is -0.667. The molecular weight excluding hydrogens is 176 g/mol. The van der Waals surface area contributed by atoms with Gasteiger partial charge in [-0.3, -0.25) is 4.79 Å². The largest absolute Gasteiger partial charge is 0.481 e. The molecule has 2 heteroatoms. The van der Waals surface area contributed by atoms with Crippen LogP contribution in [0.25, 0.3) is 0 Å². The zero-order valence-corrected chi connectivity index (χ0v) is 8.75. The van der Waals surface area contributed by atoms with E-state index in [1.807, 2.05) is 0 Å². The maximum atomic E-state index is 11.0. The van der Waals surface area contributed by atoms with Crippen molar-refractivity contribution in [1.29, 1.82) is 0 Å². The molecule has 0 aromatic rings. The fourth-order valence-electron chi connectivity index (χ4n) is 2.14. The lowest BCUT2D eigenvalue weighted by molar-refractivity contribution is -0.143. The molecule has 0 saturated heterocycles. The summed E-state index contributed by atoms with van der Waals surface area (Å²) in [6.07, 6.45) is 6.33. The van der Waals surface area contributed by atoms with Crippen LogP contribution in [0.3, 0.4) is 0 Å². The van der Waals surface area contributed by atoms with Crippen LogP contribution in [0.5, 0.6) is 0 Å². The maximum Gasteiger partial charge on any atom is 0.307 e. The first-order valence-electron chi connectivity index (χ1n) is 5.40. The fourth-order valence-corrected chi connectivity index (χ4v) is 2.14. The molecule has 0 aromatic heterocycles. The van der Waals surface area contributed by atoms with Crippen molar-refractivity contribution >= 4 is 5.97 Å². The Morgan fingerprint density at radius 1 is 1.21 bits per heavy atom. The predicted molar refractivity (Wildman–Crippen MR) is 55.8 cm³/mol. The van der Waals surface area contributed by atoms with Gasteiger partial charge in [-0.05, 0) is 19.8 Å². The molecular formula is C12H18O2. The van der Waals surface area contributed by atoms with Gasteiger partial charge in [-0.1, -0.05) is 31.6 Å². The lowest BCUT2D eigenvalue weighted by Crippen LogP contribution is -2.23. The van der Waals surface area contributed by atoms with Gasteiger partial charge in [0.15, 0.2) is 0 Å². The SMILES string of the molecule is CC#CC1CCCCCCC1C(=O)O. The van der Waals surface area contributed by atoms with Gasteiger partial charge in [-0.2, -0.15) is 0 Å². The first kappa shape index (κ1) is 11.1. The van der Waals surface area contributed by atoms with Gasteiger partial charge >= 0.3 is 5.97 Å². The molecule has 1 fully saturated rings. The molecule has 2 nitrogen and oxygen atoms in total. The third kappa shape index (κ3) is 3.06. The van der Waals surface area contributed by atoms with Gasteiger partial charge in [0.05, 0.1) is 5.92 Å². The summed E-state index contributed by atoms with van der Waals surface area (Å²) < 4.78 is 0. The molecule has 1 saturated carbocycles. The average Bonchev–Trinajstić information content (AvgIpc) is 2.09. The number of hydrogen-bond acceptors (Lipinski definition) is 1. The van der Waals surface area contributed by atoms with Crippen LogP contribution in [0.4, 0.5) is 0 Å². The highest BCUT2D eigenvalue weighted by atomic mass is 16.4. The first-order chi connectivity index (χ1) is 6.75. The van der Waals surface area contributed by atoms with Crippen LogP contribution in [0.1, 0.15) is 45.4 Å².